The highest BCUT2D eigenvalue weighted by atomic mass is 32.1. The van der Waals surface area contributed by atoms with Crippen molar-refractivity contribution in [1.29, 1.82) is 0 Å². The number of benzene rings is 3. The summed E-state index contributed by atoms with van der Waals surface area (Å²) >= 11 is 1.16. The molecule has 0 radical (unpaired) electrons. The first-order chi connectivity index (χ1) is 19.9. The third-order valence-electron chi connectivity index (χ3n) is 6.12. The van der Waals surface area contributed by atoms with E-state index in [2.05, 4.69) is 10.1 Å². The van der Waals surface area contributed by atoms with Gasteiger partial charge in [-0.15, -0.1) is 5.10 Å². The molecule has 204 valence electrons. The van der Waals surface area contributed by atoms with E-state index in [4.69, 9.17) is 14.6 Å². The number of halogens is 1. The summed E-state index contributed by atoms with van der Waals surface area (Å²) in [6, 6.07) is 21.0. The summed E-state index contributed by atoms with van der Waals surface area (Å²) in [5, 5.41) is 9.12. The molecule has 0 bridgehead atoms. The molecule has 0 saturated heterocycles. The molecule has 0 aliphatic carbocycles. The predicted octanol–water partition coefficient (Wildman–Crippen LogP) is 4.68. The normalized spacial score (nSPS) is 11.7. The van der Waals surface area contributed by atoms with Gasteiger partial charge >= 0.3 is 5.97 Å². The molecule has 41 heavy (non-hydrogen) atoms. The summed E-state index contributed by atoms with van der Waals surface area (Å²) in [5.74, 6) is -0.256. The van der Waals surface area contributed by atoms with E-state index in [0.717, 1.165) is 17.0 Å². The van der Waals surface area contributed by atoms with Gasteiger partial charge in [-0.2, -0.15) is 14.6 Å². The average Bonchev–Trinajstić information content (AvgIpc) is 3.65. The number of carbonyl (C=O) groups excluding carboxylic acids is 1. The number of carbonyl (C=O) groups is 1. The Kier molecular flexibility index (Phi) is 6.86. The zero-order valence-electron chi connectivity index (χ0n) is 21.9. The molecule has 0 fully saturated rings. The fraction of sp³-hybridized carbons (Fsp3) is 0.100. The van der Waals surface area contributed by atoms with Gasteiger partial charge in [0.1, 0.15) is 11.4 Å². The molecule has 0 aliphatic rings. The summed E-state index contributed by atoms with van der Waals surface area (Å²) in [4.78, 5) is 29.8. The Labute approximate surface area is 236 Å². The van der Waals surface area contributed by atoms with E-state index in [1.807, 2.05) is 30.3 Å². The van der Waals surface area contributed by atoms with Gasteiger partial charge in [-0.1, -0.05) is 41.7 Å². The minimum absolute atomic E-state index is 0.155. The third-order valence-corrected chi connectivity index (χ3v) is 7.08. The van der Waals surface area contributed by atoms with E-state index in [0.29, 0.717) is 44.2 Å². The van der Waals surface area contributed by atoms with Gasteiger partial charge in [0.05, 0.1) is 22.4 Å². The van der Waals surface area contributed by atoms with Crippen LogP contribution in [-0.2, 0) is 4.79 Å². The Hall–Kier alpha value is -5.16. The summed E-state index contributed by atoms with van der Waals surface area (Å²) in [6.07, 6.45) is 3.49. The van der Waals surface area contributed by atoms with Crippen LogP contribution in [0.15, 0.2) is 83.8 Å². The topological polar surface area (TPSA) is 101 Å². The van der Waals surface area contributed by atoms with Crippen molar-refractivity contribution in [2.45, 2.75) is 13.8 Å². The van der Waals surface area contributed by atoms with Gasteiger partial charge in [-0.3, -0.25) is 9.59 Å². The van der Waals surface area contributed by atoms with Crippen LogP contribution >= 0.6 is 11.3 Å². The van der Waals surface area contributed by atoms with Crippen LogP contribution in [0.5, 0.6) is 11.5 Å². The lowest BCUT2D eigenvalue weighted by molar-refractivity contribution is -0.131. The molecule has 0 atom stereocenters. The second kappa shape index (κ2) is 10.8. The molecule has 6 rings (SSSR count). The number of ether oxygens (including phenoxy) is 2. The SMILES string of the molecule is CCOc1ccc(-c2nn(-c3ccccc3)cc2/C=c2\sc3nc(-c4ccccc4OC(C)=O)nn3c2=O)cc1F. The number of aromatic nitrogens is 5. The summed E-state index contributed by atoms with van der Waals surface area (Å²) in [6.45, 7) is 3.44. The number of fused-ring (bicyclic) bond motifs is 1. The van der Waals surface area contributed by atoms with Crippen molar-refractivity contribution < 1.29 is 18.7 Å². The Morgan fingerprint density at radius 2 is 1.80 bits per heavy atom. The third kappa shape index (κ3) is 5.10. The molecular weight excluding hydrogens is 545 g/mol. The molecule has 3 aromatic carbocycles. The van der Waals surface area contributed by atoms with Crippen molar-refractivity contribution in [1.82, 2.24) is 24.4 Å². The maximum Gasteiger partial charge on any atom is 0.308 e. The van der Waals surface area contributed by atoms with Crippen LogP contribution in [0.25, 0.3) is 39.4 Å². The number of para-hydroxylation sites is 2. The van der Waals surface area contributed by atoms with Gasteiger partial charge in [0.15, 0.2) is 17.4 Å². The first-order valence-corrected chi connectivity index (χ1v) is 13.5. The minimum atomic E-state index is -0.505. The zero-order chi connectivity index (χ0) is 28.5. The van der Waals surface area contributed by atoms with Crippen molar-refractivity contribution in [2.75, 3.05) is 6.61 Å². The van der Waals surface area contributed by atoms with Gasteiger partial charge in [-0.25, -0.2) is 9.07 Å². The monoisotopic (exact) mass is 567 g/mol. The molecule has 9 nitrogen and oxygen atoms in total. The second-order valence-corrected chi connectivity index (χ2v) is 9.94. The molecule has 0 N–H and O–H groups in total. The first-order valence-electron chi connectivity index (χ1n) is 12.7. The van der Waals surface area contributed by atoms with Crippen LogP contribution in [-0.4, -0.2) is 37.0 Å². The van der Waals surface area contributed by atoms with E-state index < -0.39 is 11.8 Å². The van der Waals surface area contributed by atoms with Gasteiger partial charge in [0.2, 0.25) is 4.96 Å². The van der Waals surface area contributed by atoms with Crippen molar-refractivity contribution in [3.8, 4) is 39.8 Å². The smallest absolute Gasteiger partial charge is 0.308 e. The fourth-order valence-corrected chi connectivity index (χ4v) is 5.23. The Morgan fingerprint density at radius 1 is 1.02 bits per heavy atom. The number of rotatable bonds is 7. The van der Waals surface area contributed by atoms with Gasteiger partial charge < -0.3 is 9.47 Å². The van der Waals surface area contributed by atoms with E-state index in [1.54, 1.807) is 60.3 Å². The molecule has 0 spiro atoms. The number of hydrogen-bond acceptors (Lipinski definition) is 8. The van der Waals surface area contributed by atoms with Gasteiger partial charge in [0.25, 0.3) is 5.56 Å². The van der Waals surface area contributed by atoms with Crippen molar-refractivity contribution in [2.24, 2.45) is 0 Å². The van der Waals surface area contributed by atoms with Crippen LogP contribution in [0.4, 0.5) is 4.39 Å². The van der Waals surface area contributed by atoms with Crippen LogP contribution in [0, 0.1) is 5.82 Å². The van der Waals surface area contributed by atoms with Crippen molar-refractivity contribution >= 4 is 28.3 Å². The fourth-order valence-electron chi connectivity index (χ4n) is 4.34. The van der Waals surface area contributed by atoms with Crippen LogP contribution in [0.3, 0.4) is 0 Å². The molecule has 0 saturated carbocycles. The molecule has 3 aromatic heterocycles. The Morgan fingerprint density at radius 3 is 2.54 bits per heavy atom. The highest BCUT2D eigenvalue weighted by molar-refractivity contribution is 7.15. The largest absolute Gasteiger partial charge is 0.491 e. The molecular formula is C30H22FN5O4S. The first kappa shape index (κ1) is 26.1. The Bertz CT molecular complexity index is 2020. The van der Waals surface area contributed by atoms with Gasteiger partial charge in [0, 0.05) is 24.2 Å². The van der Waals surface area contributed by atoms with Crippen LogP contribution < -0.4 is 19.6 Å². The quantitative estimate of drug-likeness (QED) is 0.204. The standard InChI is InChI=1S/C30H22FN5O4S/c1-3-39-25-14-13-19(15-23(25)31)27-20(17-35(33-27)21-9-5-4-6-10-21)16-26-29(38)36-30(41-26)32-28(34-36)22-11-7-8-12-24(22)40-18(2)37/h4-17H,3H2,1-2H3/b26-16-. The lowest BCUT2D eigenvalue weighted by Gasteiger charge is -2.06. The number of hydrogen-bond donors (Lipinski definition) is 0. The van der Waals surface area contributed by atoms with Crippen LogP contribution in [0.2, 0.25) is 0 Å². The van der Waals surface area contributed by atoms with E-state index in [9.17, 15) is 14.0 Å². The molecule has 3 heterocycles. The maximum atomic E-state index is 14.8. The zero-order valence-corrected chi connectivity index (χ0v) is 22.8. The summed E-state index contributed by atoms with van der Waals surface area (Å²) in [5.41, 5.74) is 2.56. The predicted molar refractivity (Wildman–Crippen MR) is 153 cm³/mol. The molecule has 11 heteroatoms. The van der Waals surface area contributed by atoms with E-state index in [-0.39, 0.29) is 17.1 Å². The number of thiazole rings is 1. The molecule has 6 aromatic rings. The lowest BCUT2D eigenvalue weighted by Crippen LogP contribution is -2.23. The maximum absolute atomic E-state index is 14.8. The lowest BCUT2D eigenvalue weighted by atomic mass is 10.1. The Balaban J connectivity index is 1.46. The summed E-state index contributed by atoms with van der Waals surface area (Å²) < 4.78 is 28.7. The number of esters is 1. The molecule has 0 unspecified atom stereocenters. The highest BCUT2D eigenvalue weighted by Crippen LogP contribution is 2.30. The van der Waals surface area contributed by atoms with E-state index >= 15 is 0 Å². The average molecular weight is 568 g/mol. The minimum Gasteiger partial charge on any atom is -0.491 e. The second-order valence-electron chi connectivity index (χ2n) is 8.93. The van der Waals surface area contributed by atoms with E-state index in [1.165, 1.54) is 17.5 Å². The molecule has 0 aliphatic heterocycles. The number of nitrogens with zero attached hydrogens (tertiary/aromatic N) is 5. The van der Waals surface area contributed by atoms with Crippen molar-refractivity contribution in [3.63, 3.8) is 0 Å². The summed E-state index contributed by atoms with van der Waals surface area (Å²) in [7, 11) is 0. The van der Waals surface area contributed by atoms with Gasteiger partial charge in [-0.05, 0) is 55.5 Å². The van der Waals surface area contributed by atoms with Crippen LogP contribution in [0.1, 0.15) is 19.4 Å². The highest BCUT2D eigenvalue weighted by Gasteiger charge is 2.18. The molecule has 0 amide bonds. The van der Waals surface area contributed by atoms with Crippen molar-refractivity contribution in [3.05, 3.63) is 105 Å².